The van der Waals surface area contributed by atoms with E-state index in [-0.39, 0.29) is 5.91 Å². The summed E-state index contributed by atoms with van der Waals surface area (Å²) in [5.74, 6) is 2.52. The van der Waals surface area contributed by atoms with E-state index in [2.05, 4.69) is 28.5 Å². The summed E-state index contributed by atoms with van der Waals surface area (Å²) in [7, 11) is 1.68. The summed E-state index contributed by atoms with van der Waals surface area (Å²) in [5.41, 5.74) is 3.33. The van der Waals surface area contributed by atoms with Crippen LogP contribution in [0.25, 0.3) is 11.3 Å². The first-order chi connectivity index (χ1) is 15.2. The van der Waals surface area contributed by atoms with Gasteiger partial charge in [0, 0.05) is 42.9 Å². The lowest BCUT2D eigenvalue weighted by Crippen LogP contribution is -2.48. The molecule has 31 heavy (non-hydrogen) atoms. The molecule has 1 fully saturated rings. The molecule has 0 N–H and O–H groups in total. The number of thiazole rings is 1. The smallest absolute Gasteiger partial charge is 0.232 e. The molecular formula is C24H27N3O2S2. The first-order valence-corrected chi connectivity index (χ1v) is 12.5. The number of amides is 1. The van der Waals surface area contributed by atoms with Gasteiger partial charge in [0.2, 0.25) is 5.91 Å². The van der Waals surface area contributed by atoms with Crippen LogP contribution in [0.2, 0.25) is 0 Å². The molecule has 1 saturated heterocycles. The molecule has 2 heterocycles. The van der Waals surface area contributed by atoms with Gasteiger partial charge in [0.05, 0.1) is 25.1 Å². The number of carbonyl (C=O) groups is 1. The molecule has 7 heteroatoms. The van der Waals surface area contributed by atoms with E-state index >= 15 is 0 Å². The van der Waals surface area contributed by atoms with Crippen molar-refractivity contribution in [2.24, 2.45) is 0 Å². The number of nitrogens with zero attached hydrogens (tertiary/aromatic N) is 3. The monoisotopic (exact) mass is 453 g/mol. The van der Waals surface area contributed by atoms with Gasteiger partial charge in [-0.15, -0.1) is 23.1 Å². The fraction of sp³-hybridized carbons (Fsp3) is 0.333. The summed E-state index contributed by atoms with van der Waals surface area (Å²) in [6, 6.07) is 18.3. The van der Waals surface area contributed by atoms with Gasteiger partial charge in [0.15, 0.2) is 0 Å². The lowest BCUT2D eigenvalue weighted by atomic mass is 10.2. The quantitative estimate of drug-likeness (QED) is 0.506. The topological polar surface area (TPSA) is 45.7 Å². The van der Waals surface area contributed by atoms with E-state index < -0.39 is 0 Å². The predicted octanol–water partition coefficient (Wildman–Crippen LogP) is 4.40. The van der Waals surface area contributed by atoms with Crippen LogP contribution in [0.5, 0.6) is 5.75 Å². The van der Waals surface area contributed by atoms with Crippen molar-refractivity contribution in [3.8, 4) is 17.0 Å². The molecule has 1 aromatic heterocycles. The number of benzene rings is 2. The minimum atomic E-state index is 0.246. The Labute approximate surface area is 192 Å². The van der Waals surface area contributed by atoms with Crippen molar-refractivity contribution >= 4 is 29.0 Å². The summed E-state index contributed by atoms with van der Waals surface area (Å²) in [6.07, 6.45) is 0. The Balaban J connectivity index is 1.22. The maximum Gasteiger partial charge on any atom is 0.232 e. The van der Waals surface area contributed by atoms with E-state index in [1.54, 1.807) is 30.2 Å². The maximum atomic E-state index is 12.5. The first kappa shape index (κ1) is 21.9. The number of thioether (sulfide) groups is 1. The summed E-state index contributed by atoms with van der Waals surface area (Å²) in [6.45, 7) is 4.20. The zero-order chi connectivity index (χ0) is 21.5. The van der Waals surface area contributed by atoms with Gasteiger partial charge < -0.3 is 9.64 Å². The Kier molecular flexibility index (Phi) is 7.61. The van der Waals surface area contributed by atoms with Gasteiger partial charge in [0.25, 0.3) is 0 Å². The van der Waals surface area contributed by atoms with Crippen LogP contribution in [0.1, 0.15) is 10.6 Å². The molecule has 1 aliphatic rings. The molecule has 1 amide bonds. The number of methoxy groups -OCH3 is 1. The van der Waals surface area contributed by atoms with Crippen LogP contribution in [0.3, 0.4) is 0 Å². The molecule has 162 valence electrons. The van der Waals surface area contributed by atoms with Gasteiger partial charge in [-0.25, -0.2) is 4.98 Å². The summed E-state index contributed by atoms with van der Waals surface area (Å²) in [4.78, 5) is 21.7. The molecule has 0 radical (unpaired) electrons. The number of hydrogen-bond donors (Lipinski definition) is 0. The Bertz CT molecular complexity index is 985. The minimum absolute atomic E-state index is 0.246. The summed E-state index contributed by atoms with van der Waals surface area (Å²) >= 11 is 3.38. The van der Waals surface area contributed by atoms with Gasteiger partial charge in [0.1, 0.15) is 10.8 Å². The fourth-order valence-corrected chi connectivity index (χ4v) is 5.30. The molecular weight excluding hydrogens is 426 g/mol. The zero-order valence-corrected chi connectivity index (χ0v) is 19.3. The number of aromatic nitrogens is 1. The second-order valence-corrected chi connectivity index (χ2v) is 9.42. The third-order valence-corrected chi connectivity index (χ3v) is 7.16. The molecule has 0 saturated carbocycles. The van der Waals surface area contributed by atoms with Gasteiger partial charge in [-0.05, 0) is 17.7 Å². The largest absolute Gasteiger partial charge is 0.497 e. The Morgan fingerprint density at radius 3 is 2.68 bits per heavy atom. The highest BCUT2D eigenvalue weighted by Crippen LogP contribution is 2.26. The number of ether oxygens (including phenoxy) is 1. The zero-order valence-electron chi connectivity index (χ0n) is 17.7. The van der Waals surface area contributed by atoms with Crippen molar-refractivity contribution in [2.75, 3.05) is 39.0 Å². The van der Waals surface area contributed by atoms with Crippen molar-refractivity contribution in [2.45, 2.75) is 12.3 Å². The molecule has 0 atom stereocenters. The van der Waals surface area contributed by atoms with Gasteiger partial charge >= 0.3 is 0 Å². The average Bonchev–Trinajstić information content (AvgIpc) is 3.29. The van der Waals surface area contributed by atoms with Gasteiger partial charge in [-0.3, -0.25) is 9.69 Å². The highest BCUT2D eigenvalue weighted by atomic mass is 32.2. The lowest BCUT2D eigenvalue weighted by Gasteiger charge is -2.34. The van der Waals surface area contributed by atoms with Crippen LogP contribution in [0.4, 0.5) is 0 Å². The fourth-order valence-electron chi connectivity index (χ4n) is 3.57. The van der Waals surface area contributed by atoms with Crippen molar-refractivity contribution < 1.29 is 9.53 Å². The molecule has 0 spiro atoms. The van der Waals surface area contributed by atoms with Crippen molar-refractivity contribution in [1.29, 1.82) is 0 Å². The number of carbonyl (C=O) groups excluding carboxylic acids is 1. The van der Waals surface area contributed by atoms with Crippen LogP contribution < -0.4 is 4.74 Å². The Morgan fingerprint density at radius 1 is 1.10 bits per heavy atom. The summed E-state index contributed by atoms with van der Waals surface area (Å²) < 4.78 is 5.31. The molecule has 0 unspecified atom stereocenters. The molecule has 4 rings (SSSR count). The first-order valence-electron chi connectivity index (χ1n) is 10.4. The van der Waals surface area contributed by atoms with Crippen LogP contribution >= 0.6 is 23.1 Å². The lowest BCUT2D eigenvalue weighted by molar-refractivity contribution is -0.130. The molecule has 0 aliphatic carbocycles. The van der Waals surface area contributed by atoms with Crippen LogP contribution in [0.15, 0.2) is 60.0 Å². The van der Waals surface area contributed by atoms with E-state index in [0.29, 0.717) is 5.75 Å². The van der Waals surface area contributed by atoms with E-state index in [0.717, 1.165) is 60.5 Å². The van der Waals surface area contributed by atoms with Crippen molar-refractivity contribution in [3.63, 3.8) is 0 Å². The highest BCUT2D eigenvalue weighted by molar-refractivity contribution is 7.99. The SMILES string of the molecule is COc1cccc(-c2csc(CN3CCN(C(=O)CSCc4ccccc4)CC3)n2)c1. The number of rotatable bonds is 8. The van der Waals surface area contributed by atoms with E-state index in [9.17, 15) is 4.79 Å². The van der Waals surface area contributed by atoms with Crippen molar-refractivity contribution in [3.05, 3.63) is 70.5 Å². The van der Waals surface area contributed by atoms with E-state index in [1.165, 1.54) is 5.56 Å². The third kappa shape index (κ3) is 6.09. The average molecular weight is 454 g/mol. The number of piperazine rings is 1. The predicted molar refractivity (Wildman–Crippen MR) is 129 cm³/mol. The second kappa shape index (κ2) is 10.8. The molecule has 1 aliphatic heterocycles. The van der Waals surface area contributed by atoms with E-state index in [4.69, 9.17) is 9.72 Å². The van der Waals surface area contributed by atoms with Gasteiger partial charge in [-0.1, -0.05) is 42.5 Å². The standard InChI is InChI=1S/C24H27N3O2S2/c1-29-21-9-5-8-20(14-21)22-17-31-23(25-22)15-26-10-12-27(13-11-26)24(28)18-30-16-19-6-3-2-4-7-19/h2-9,14,17H,10-13,15-16,18H2,1H3. The third-order valence-electron chi connectivity index (χ3n) is 5.34. The van der Waals surface area contributed by atoms with Crippen LogP contribution in [-0.2, 0) is 17.1 Å². The Hall–Kier alpha value is -2.35. The molecule has 0 bridgehead atoms. The molecule has 3 aromatic rings. The molecule has 2 aromatic carbocycles. The minimum Gasteiger partial charge on any atom is -0.497 e. The summed E-state index contributed by atoms with van der Waals surface area (Å²) in [5, 5.41) is 3.21. The normalized spacial score (nSPS) is 14.5. The van der Waals surface area contributed by atoms with E-state index in [1.807, 2.05) is 41.3 Å². The Morgan fingerprint density at radius 2 is 1.90 bits per heavy atom. The highest BCUT2D eigenvalue weighted by Gasteiger charge is 2.21. The van der Waals surface area contributed by atoms with Crippen LogP contribution in [-0.4, -0.2) is 59.7 Å². The second-order valence-electron chi connectivity index (χ2n) is 7.49. The van der Waals surface area contributed by atoms with Gasteiger partial charge in [-0.2, -0.15) is 0 Å². The maximum absolute atomic E-state index is 12.5. The van der Waals surface area contributed by atoms with Crippen molar-refractivity contribution in [1.82, 2.24) is 14.8 Å². The van der Waals surface area contributed by atoms with Crippen LogP contribution in [0, 0.1) is 0 Å². The molecule has 5 nitrogen and oxygen atoms in total. The number of hydrogen-bond acceptors (Lipinski definition) is 6.